The van der Waals surface area contributed by atoms with Crippen LogP contribution >= 0.6 is 11.3 Å². The number of aryl methyl sites for hydroxylation is 2. The van der Waals surface area contributed by atoms with Gasteiger partial charge in [-0.1, -0.05) is 0 Å². The molecular weight excluding hydrogens is 338 g/mol. The Morgan fingerprint density at radius 3 is 2.71 bits per heavy atom. The first kappa shape index (κ1) is 18.0. The predicted octanol–water partition coefficient (Wildman–Crippen LogP) is 3.24. The summed E-state index contributed by atoms with van der Waals surface area (Å²) in [5.41, 5.74) is 0.529. The maximum atomic E-state index is 13.5. The van der Waals surface area contributed by atoms with Gasteiger partial charge in [0.25, 0.3) is 0 Å². The van der Waals surface area contributed by atoms with Gasteiger partial charge >= 0.3 is 5.97 Å². The molecule has 1 unspecified atom stereocenters. The monoisotopic (exact) mass is 354 g/mol. The van der Waals surface area contributed by atoms with Crippen LogP contribution in [0.1, 0.15) is 45.3 Å². The number of halogens is 2. The molecule has 0 fully saturated rings. The number of nitrogens with zero attached hydrogens (tertiary/aromatic N) is 1. The average molecular weight is 354 g/mol. The number of benzene rings is 1. The van der Waals surface area contributed by atoms with Gasteiger partial charge in [-0.2, -0.15) is 0 Å². The van der Waals surface area contributed by atoms with Gasteiger partial charge in [0.15, 0.2) is 0 Å². The number of carbonyl (C=O) groups excluding carboxylic acids is 1. The van der Waals surface area contributed by atoms with Crippen molar-refractivity contribution in [3.8, 4) is 0 Å². The highest BCUT2D eigenvalue weighted by Gasteiger charge is 2.19. The molecule has 0 aliphatic rings. The van der Waals surface area contributed by atoms with Crippen LogP contribution in [0.25, 0.3) is 0 Å². The number of hydrogen-bond donors (Lipinski definition) is 2. The van der Waals surface area contributed by atoms with Crippen LogP contribution in [0.3, 0.4) is 0 Å². The zero-order chi connectivity index (χ0) is 17.9. The average Bonchev–Trinajstić information content (AvgIpc) is 2.90. The fourth-order valence-electron chi connectivity index (χ4n) is 2.16. The van der Waals surface area contributed by atoms with Crippen LogP contribution < -0.4 is 5.32 Å². The quantitative estimate of drug-likeness (QED) is 0.835. The van der Waals surface area contributed by atoms with Crippen molar-refractivity contribution in [1.29, 1.82) is 0 Å². The molecule has 2 aromatic rings. The van der Waals surface area contributed by atoms with Gasteiger partial charge in [0.05, 0.1) is 11.7 Å². The Hall–Kier alpha value is -2.35. The second-order valence-corrected chi connectivity index (χ2v) is 6.33. The Kier molecular flexibility index (Phi) is 5.61. The Morgan fingerprint density at radius 2 is 2.08 bits per heavy atom. The van der Waals surface area contributed by atoms with E-state index in [1.54, 1.807) is 13.8 Å². The molecular formula is C16H16F2N2O3S. The van der Waals surface area contributed by atoms with Crippen LogP contribution in [-0.4, -0.2) is 22.0 Å². The van der Waals surface area contributed by atoms with Gasteiger partial charge in [0.1, 0.15) is 21.5 Å². The number of aromatic nitrogens is 1. The molecule has 0 aliphatic carbocycles. The largest absolute Gasteiger partial charge is 0.477 e. The summed E-state index contributed by atoms with van der Waals surface area (Å²) in [5, 5.41) is 12.2. The number of carbonyl (C=O) groups is 2. The normalized spacial score (nSPS) is 12.0. The minimum atomic E-state index is -1.06. The summed E-state index contributed by atoms with van der Waals surface area (Å²) < 4.78 is 26.6. The van der Waals surface area contributed by atoms with Gasteiger partial charge in [-0.05, 0) is 44.0 Å². The van der Waals surface area contributed by atoms with Gasteiger partial charge in [0.2, 0.25) is 5.91 Å². The van der Waals surface area contributed by atoms with E-state index in [1.807, 2.05) is 0 Å². The first-order valence-corrected chi connectivity index (χ1v) is 8.03. The highest BCUT2D eigenvalue weighted by molar-refractivity contribution is 7.13. The summed E-state index contributed by atoms with van der Waals surface area (Å²) >= 11 is 1.00. The Labute approximate surface area is 141 Å². The third-order valence-electron chi connectivity index (χ3n) is 3.38. The molecule has 1 aromatic heterocycles. The predicted molar refractivity (Wildman–Crippen MR) is 85.0 cm³/mol. The topological polar surface area (TPSA) is 79.3 Å². The molecule has 1 atom stereocenters. The summed E-state index contributed by atoms with van der Waals surface area (Å²) in [7, 11) is 0. The van der Waals surface area contributed by atoms with Crippen molar-refractivity contribution in [3.05, 3.63) is 51.0 Å². The Morgan fingerprint density at radius 1 is 1.38 bits per heavy atom. The highest BCUT2D eigenvalue weighted by atomic mass is 32.1. The van der Waals surface area contributed by atoms with Crippen molar-refractivity contribution in [2.75, 3.05) is 0 Å². The molecule has 1 aromatic carbocycles. The molecule has 24 heavy (non-hydrogen) atoms. The third kappa shape index (κ3) is 4.35. The number of hydrogen-bond acceptors (Lipinski definition) is 4. The number of aromatic carboxylic acids is 1. The van der Waals surface area contributed by atoms with E-state index < -0.39 is 23.6 Å². The molecule has 1 amide bonds. The van der Waals surface area contributed by atoms with Crippen molar-refractivity contribution in [3.63, 3.8) is 0 Å². The highest BCUT2D eigenvalue weighted by Crippen LogP contribution is 2.23. The van der Waals surface area contributed by atoms with E-state index in [-0.39, 0.29) is 29.2 Å². The summed E-state index contributed by atoms with van der Waals surface area (Å²) in [6.45, 7) is 3.27. The van der Waals surface area contributed by atoms with Crippen molar-refractivity contribution < 1.29 is 23.5 Å². The van der Waals surface area contributed by atoms with E-state index in [2.05, 4.69) is 10.3 Å². The zero-order valence-electron chi connectivity index (χ0n) is 13.1. The number of carboxylic acid groups (broad SMARTS) is 1. The lowest BCUT2D eigenvalue weighted by atomic mass is 10.1. The zero-order valence-corrected chi connectivity index (χ0v) is 13.9. The minimum Gasteiger partial charge on any atom is -0.477 e. The first-order chi connectivity index (χ1) is 11.3. The molecule has 2 N–H and O–H groups in total. The van der Waals surface area contributed by atoms with Crippen LogP contribution in [0, 0.1) is 18.6 Å². The van der Waals surface area contributed by atoms with E-state index in [0.29, 0.717) is 10.7 Å². The summed E-state index contributed by atoms with van der Waals surface area (Å²) in [4.78, 5) is 27.2. The van der Waals surface area contributed by atoms with Crippen LogP contribution in [0.4, 0.5) is 8.78 Å². The lowest BCUT2D eigenvalue weighted by molar-refractivity contribution is -0.121. The maximum Gasteiger partial charge on any atom is 0.347 e. The van der Waals surface area contributed by atoms with E-state index in [0.717, 1.165) is 29.5 Å². The molecule has 0 saturated carbocycles. The molecule has 128 valence electrons. The van der Waals surface area contributed by atoms with Gasteiger partial charge in [-0.25, -0.2) is 18.6 Å². The number of amides is 1. The maximum absolute atomic E-state index is 13.5. The molecule has 0 aliphatic heterocycles. The molecule has 2 rings (SSSR count). The molecule has 0 saturated heterocycles. The van der Waals surface area contributed by atoms with Crippen molar-refractivity contribution in [2.45, 2.75) is 32.7 Å². The van der Waals surface area contributed by atoms with Gasteiger partial charge < -0.3 is 10.4 Å². The molecule has 1 heterocycles. The standard InChI is InChI=1S/C16H16F2N2O3S/c1-8-14(16(22)23)24-15(20-8)9(2)19-13(21)6-3-10-7-11(17)4-5-12(10)18/h4-5,7,9H,3,6H2,1-2H3,(H,19,21)(H,22,23). The molecule has 8 heteroatoms. The molecule has 0 bridgehead atoms. The van der Waals surface area contributed by atoms with E-state index in [9.17, 15) is 18.4 Å². The van der Waals surface area contributed by atoms with Gasteiger partial charge in [-0.15, -0.1) is 11.3 Å². The van der Waals surface area contributed by atoms with E-state index in [1.165, 1.54) is 0 Å². The fraction of sp³-hybridized carbons (Fsp3) is 0.312. The van der Waals surface area contributed by atoms with Crippen LogP contribution in [-0.2, 0) is 11.2 Å². The first-order valence-electron chi connectivity index (χ1n) is 7.22. The van der Waals surface area contributed by atoms with Crippen LogP contribution in [0.2, 0.25) is 0 Å². The number of thiazole rings is 1. The lowest BCUT2D eigenvalue weighted by Gasteiger charge is -2.11. The summed E-state index contributed by atoms with van der Waals surface area (Å²) in [5.74, 6) is -2.52. The number of carboxylic acids is 1. The van der Waals surface area contributed by atoms with Crippen molar-refractivity contribution in [2.24, 2.45) is 0 Å². The minimum absolute atomic E-state index is 0.0130. The van der Waals surface area contributed by atoms with Crippen LogP contribution in [0.15, 0.2) is 18.2 Å². The molecule has 5 nitrogen and oxygen atoms in total. The number of rotatable bonds is 6. The van der Waals surface area contributed by atoms with E-state index >= 15 is 0 Å². The second kappa shape index (κ2) is 7.48. The number of nitrogens with one attached hydrogen (secondary N) is 1. The fourth-order valence-corrected chi connectivity index (χ4v) is 3.07. The molecule has 0 radical (unpaired) electrons. The van der Waals surface area contributed by atoms with Crippen molar-refractivity contribution in [1.82, 2.24) is 10.3 Å². The van der Waals surface area contributed by atoms with Crippen LogP contribution in [0.5, 0.6) is 0 Å². The van der Waals surface area contributed by atoms with Gasteiger partial charge in [-0.3, -0.25) is 4.79 Å². The van der Waals surface area contributed by atoms with Gasteiger partial charge in [0, 0.05) is 6.42 Å². The third-order valence-corrected chi connectivity index (χ3v) is 4.71. The second-order valence-electron chi connectivity index (χ2n) is 5.30. The Bertz CT molecular complexity index is 777. The smallest absolute Gasteiger partial charge is 0.347 e. The lowest BCUT2D eigenvalue weighted by Crippen LogP contribution is -2.26. The summed E-state index contributed by atoms with van der Waals surface area (Å²) in [6, 6.07) is 2.64. The SMILES string of the molecule is Cc1nc(C(C)NC(=O)CCc2cc(F)ccc2F)sc1C(=O)O. The Balaban J connectivity index is 1.95. The van der Waals surface area contributed by atoms with E-state index in [4.69, 9.17) is 5.11 Å². The summed E-state index contributed by atoms with van der Waals surface area (Å²) in [6.07, 6.45) is 0.0558. The van der Waals surface area contributed by atoms with Crippen molar-refractivity contribution >= 4 is 23.2 Å². The molecule has 0 spiro atoms.